The van der Waals surface area contributed by atoms with Crippen LogP contribution in [0.3, 0.4) is 0 Å². The Kier molecular flexibility index (Phi) is 6.08. The van der Waals surface area contributed by atoms with E-state index in [1.54, 1.807) is 7.11 Å². The summed E-state index contributed by atoms with van der Waals surface area (Å²) in [7, 11) is 1.63. The molecule has 0 spiro atoms. The fourth-order valence-corrected chi connectivity index (χ4v) is 3.39. The maximum atomic E-state index is 12.5. The Morgan fingerprint density at radius 1 is 1.33 bits per heavy atom. The van der Waals surface area contributed by atoms with E-state index in [0.29, 0.717) is 26.1 Å². The van der Waals surface area contributed by atoms with Crippen molar-refractivity contribution in [2.75, 3.05) is 20.2 Å². The number of amides is 2. The van der Waals surface area contributed by atoms with Crippen molar-refractivity contribution in [1.82, 2.24) is 20.7 Å². The standard InChI is InChI=1S/C19H24N4O4/c1-3-20-19(25)16-10-14(21-18(24)15-8-9-27-22-15)12-23(16)11-13-6-4-5-7-17(13)26-2/h4-9,14,16H,3,10-12H2,1-2H3,(H,20,25)(H,21,24). The van der Waals surface area contributed by atoms with Gasteiger partial charge in [0.25, 0.3) is 5.91 Å². The van der Waals surface area contributed by atoms with Crippen LogP contribution in [-0.4, -0.2) is 54.2 Å². The molecule has 2 aromatic rings. The van der Waals surface area contributed by atoms with Gasteiger partial charge in [0, 0.05) is 37.3 Å². The van der Waals surface area contributed by atoms with Gasteiger partial charge in [0.2, 0.25) is 5.91 Å². The predicted octanol–water partition coefficient (Wildman–Crippen LogP) is 1.19. The topological polar surface area (TPSA) is 96.7 Å². The van der Waals surface area contributed by atoms with Gasteiger partial charge in [-0.05, 0) is 19.4 Å². The lowest BCUT2D eigenvalue weighted by atomic mass is 10.1. The number of hydrogen-bond donors (Lipinski definition) is 2. The number of carbonyl (C=O) groups is 2. The number of hydrogen-bond acceptors (Lipinski definition) is 6. The summed E-state index contributed by atoms with van der Waals surface area (Å²) in [6.45, 7) is 3.57. The Labute approximate surface area is 157 Å². The molecular weight excluding hydrogens is 348 g/mol. The Balaban J connectivity index is 1.73. The van der Waals surface area contributed by atoms with E-state index in [0.717, 1.165) is 11.3 Å². The molecule has 27 heavy (non-hydrogen) atoms. The molecule has 0 bridgehead atoms. The summed E-state index contributed by atoms with van der Waals surface area (Å²) >= 11 is 0. The molecule has 2 unspecified atom stereocenters. The van der Waals surface area contributed by atoms with Crippen LogP contribution in [0.25, 0.3) is 0 Å². The molecule has 8 heteroatoms. The quantitative estimate of drug-likeness (QED) is 0.758. The van der Waals surface area contributed by atoms with E-state index in [2.05, 4.69) is 20.7 Å². The first kappa shape index (κ1) is 18.9. The highest BCUT2D eigenvalue weighted by Crippen LogP contribution is 2.25. The third-order valence-electron chi connectivity index (χ3n) is 4.63. The SMILES string of the molecule is CCNC(=O)C1CC(NC(=O)c2ccon2)CN1Cc1ccccc1OC. The van der Waals surface area contributed by atoms with Gasteiger partial charge in [-0.25, -0.2) is 0 Å². The van der Waals surface area contributed by atoms with Crippen LogP contribution in [0.5, 0.6) is 5.75 Å². The molecule has 2 heterocycles. The van der Waals surface area contributed by atoms with Crippen LogP contribution in [0.15, 0.2) is 41.1 Å². The highest BCUT2D eigenvalue weighted by atomic mass is 16.5. The maximum Gasteiger partial charge on any atom is 0.273 e. The molecule has 3 rings (SSSR count). The molecule has 2 amide bonds. The number of aromatic nitrogens is 1. The number of benzene rings is 1. The first-order valence-electron chi connectivity index (χ1n) is 8.97. The number of nitrogens with zero attached hydrogens (tertiary/aromatic N) is 2. The van der Waals surface area contributed by atoms with E-state index in [9.17, 15) is 9.59 Å². The van der Waals surface area contributed by atoms with Gasteiger partial charge in [-0.15, -0.1) is 0 Å². The predicted molar refractivity (Wildman–Crippen MR) is 98.2 cm³/mol. The summed E-state index contributed by atoms with van der Waals surface area (Å²) in [5, 5.41) is 9.47. The molecule has 1 aliphatic heterocycles. The third kappa shape index (κ3) is 4.46. The molecule has 144 valence electrons. The molecule has 2 atom stereocenters. The van der Waals surface area contributed by atoms with Gasteiger partial charge in [0.15, 0.2) is 5.69 Å². The van der Waals surface area contributed by atoms with Crippen molar-refractivity contribution in [3.05, 3.63) is 47.9 Å². The zero-order valence-corrected chi connectivity index (χ0v) is 15.5. The number of methoxy groups -OCH3 is 1. The van der Waals surface area contributed by atoms with Crippen molar-refractivity contribution < 1.29 is 18.8 Å². The summed E-state index contributed by atoms with van der Waals surface area (Å²) < 4.78 is 10.1. The maximum absolute atomic E-state index is 12.5. The van der Waals surface area contributed by atoms with Gasteiger partial charge in [-0.2, -0.15) is 0 Å². The molecule has 1 aromatic heterocycles. The summed E-state index contributed by atoms with van der Waals surface area (Å²) in [5.41, 5.74) is 1.23. The lowest BCUT2D eigenvalue weighted by molar-refractivity contribution is -0.125. The first-order chi connectivity index (χ1) is 13.1. The Morgan fingerprint density at radius 2 is 2.15 bits per heavy atom. The van der Waals surface area contributed by atoms with Crippen LogP contribution in [-0.2, 0) is 11.3 Å². The molecule has 1 fully saturated rings. The number of rotatable bonds is 7. The normalized spacial score (nSPS) is 19.6. The monoisotopic (exact) mass is 372 g/mol. The average Bonchev–Trinajstić information content (AvgIpc) is 3.32. The van der Waals surface area contributed by atoms with Crippen LogP contribution in [0.2, 0.25) is 0 Å². The number of nitrogens with one attached hydrogen (secondary N) is 2. The van der Waals surface area contributed by atoms with Crippen molar-refractivity contribution in [1.29, 1.82) is 0 Å². The van der Waals surface area contributed by atoms with Crippen molar-refractivity contribution in [3.63, 3.8) is 0 Å². The average molecular weight is 372 g/mol. The van der Waals surface area contributed by atoms with Crippen molar-refractivity contribution in [3.8, 4) is 5.75 Å². The van der Waals surface area contributed by atoms with E-state index in [-0.39, 0.29) is 29.6 Å². The summed E-state index contributed by atoms with van der Waals surface area (Å²) in [6.07, 6.45) is 1.89. The summed E-state index contributed by atoms with van der Waals surface area (Å²) in [4.78, 5) is 26.9. The number of likely N-dealkylation sites (N-methyl/N-ethyl adjacent to an activating group) is 1. The second-order valence-corrected chi connectivity index (χ2v) is 6.44. The largest absolute Gasteiger partial charge is 0.496 e. The van der Waals surface area contributed by atoms with Crippen molar-refractivity contribution in [2.45, 2.75) is 32.0 Å². The second-order valence-electron chi connectivity index (χ2n) is 6.44. The molecule has 1 saturated heterocycles. The minimum Gasteiger partial charge on any atom is -0.496 e. The fraction of sp³-hybridized carbons (Fsp3) is 0.421. The second kappa shape index (κ2) is 8.68. The van der Waals surface area contributed by atoms with Gasteiger partial charge >= 0.3 is 0 Å². The van der Waals surface area contributed by atoms with Gasteiger partial charge in [-0.3, -0.25) is 14.5 Å². The summed E-state index contributed by atoms with van der Waals surface area (Å²) in [6, 6.07) is 8.77. The van der Waals surface area contributed by atoms with E-state index < -0.39 is 0 Å². The highest BCUT2D eigenvalue weighted by Gasteiger charge is 2.37. The Morgan fingerprint density at radius 3 is 2.85 bits per heavy atom. The van der Waals surface area contributed by atoms with Crippen LogP contribution in [0.1, 0.15) is 29.4 Å². The number of para-hydroxylation sites is 1. The molecule has 1 aromatic carbocycles. The Bertz CT molecular complexity index is 778. The highest BCUT2D eigenvalue weighted by molar-refractivity contribution is 5.92. The zero-order chi connectivity index (χ0) is 19.2. The minimum absolute atomic E-state index is 0.0365. The third-order valence-corrected chi connectivity index (χ3v) is 4.63. The van der Waals surface area contributed by atoms with Gasteiger partial charge in [-0.1, -0.05) is 23.4 Å². The van der Waals surface area contributed by atoms with Gasteiger partial charge in [0.05, 0.1) is 13.2 Å². The zero-order valence-electron chi connectivity index (χ0n) is 15.5. The smallest absolute Gasteiger partial charge is 0.273 e. The summed E-state index contributed by atoms with van der Waals surface area (Å²) in [5.74, 6) is 0.440. The van der Waals surface area contributed by atoms with E-state index in [1.807, 2.05) is 31.2 Å². The van der Waals surface area contributed by atoms with Crippen LogP contribution in [0.4, 0.5) is 0 Å². The lowest BCUT2D eigenvalue weighted by Gasteiger charge is -2.24. The Hall–Kier alpha value is -2.87. The van der Waals surface area contributed by atoms with E-state index >= 15 is 0 Å². The molecule has 0 saturated carbocycles. The molecule has 1 aliphatic rings. The van der Waals surface area contributed by atoms with Crippen LogP contribution < -0.4 is 15.4 Å². The number of likely N-dealkylation sites (tertiary alicyclic amines) is 1. The number of ether oxygens (including phenoxy) is 1. The van der Waals surface area contributed by atoms with Crippen molar-refractivity contribution >= 4 is 11.8 Å². The molecule has 0 aliphatic carbocycles. The van der Waals surface area contributed by atoms with E-state index in [4.69, 9.17) is 9.26 Å². The van der Waals surface area contributed by atoms with Crippen LogP contribution in [0, 0.1) is 0 Å². The molecule has 2 N–H and O–H groups in total. The van der Waals surface area contributed by atoms with Gasteiger partial charge < -0.3 is 19.9 Å². The minimum atomic E-state index is -0.322. The van der Waals surface area contributed by atoms with Crippen molar-refractivity contribution in [2.24, 2.45) is 0 Å². The molecule has 0 radical (unpaired) electrons. The fourth-order valence-electron chi connectivity index (χ4n) is 3.39. The molecule has 8 nitrogen and oxygen atoms in total. The van der Waals surface area contributed by atoms with Crippen LogP contribution >= 0.6 is 0 Å². The first-order valence-corrected chi connectivity index (χ1v) is 8.97. The number of carbonyl (C=O) groups excluding carboxylic acids is 2. The van der Waals surface area contributed by atoms with Gasteiger partial charge in [0.1, 0.15) is 12.0 Å². The van der Waals surface area contributed by atoms with E-state index in [1.165, 1.54) is 12.3 Å². The molecular formula is C19H24N4O4. The lowest BCUT2D eigenvalue weighted by Crippen LogP contribution is -2.42.